The van der Waals surface area contributed by atoms with E-state index in [2.05, 4.69) is 27.9 Å². The van der Waals surface area contributed by atoms with E-state index >= 15 is 0 Å². The summed E-state index contributed by atoms with van der Waals surface area (Å²) in [4.78, 5) is 35.6. The molecule has 0 bridgehead atoms. The SMILES string of the molecule is COCC(NC(=O)c1cc(CNC(=O)OCC2c3ccccc3-c3ccccc32)on1)C(=O)O. The van der Waals surface area contributed by atoms with Crippen molar-refractivity contribution >= 4 is 18.0 Å². The molecule has 2 amide bonds. The summed E-state index contributed by atoms with van der Waals surface area (Å²) in [5, 5.41) is 17.5. The van der Waals surface area contributed by atoms with Crippen LogP contribution in [0.15, 0.2) is 59.1 Å². The van der Waals surface area contributed by atoms with Crippen LogP contribution in [-0.2, 0) is 20.8 Å². The number of carboxylic acids is 1. The fourth-order valence-corrected chi connectivity index (χ4v) is 3.89. The molecule has 0 radical (unpaired) electrons. The first-order valence-corrected chi connectivity index (χ1v) is 10.5. The highest BCUT2D eigenvalue weighted by Gasteiger charge is 2.29. The highest BCUT2D eigenvalue weighted by molar-refractivity contribution is 5.95. The number of carbonyl (C=O) groups excluding carboxylic acids is 2. The number of carbonyl (C=O) groups is 3. The molecule has 176 valence electrons. The normalized spacial score (nSPS) is 13.0. The van der Waals surface area contributed by atoms with Crippen LogP contribution in [0.25, 0.3) is 11.1 Å². The predicted octanol–water partition coefficient (Wildman–Crippen LogP) is 2.54. The number of hydrogen-bond donors (Lipinski definition) is 3. The predicted molar refractivity (Wildman–Crippen MR) is 119 cm³/mol. The quantitative estimate of drug-likeness (QED) is 0.438. The number of aliphatic carboxylic acids is 1. The van der Waals surface area contributed by atoms with Crippen LogP contribution in [0.4, 0.5) is 4.79 Å². The zero-order chi connectivity index (χ0) is 24.1. The minimum absolute atomic E-state index is 0.0582. The lowest BCUT2D eigenvalue weighted by Gasteiger charge is -2.14. The number of alkyl carbamates (subject to hydrolysis) is 1. The first-order valence-electron chi connectivity index (χ1n) is 10.5. The summed E-state index contributed by atoms with van der Waals surface area (Å²) in [5.41, 5.74) is 4.36. The number of rotatable bonds is 9. The summed E-state index contributed by atoms with van der Waals surface area (Å²) >= 11 is 0. The molecule has 3 N–H and O–H groups in total. The molecule has 0 fully saturated rings. The second-order valence-corrected chi connectivity index (χ2v) is 7.68. The van der Waals surface area contributed by atoms with E-state index in [1.807, 2.05) is 36.4 Å². The summed E-state index contributed by atoms with van der Waals surface area (Å²) in [7, 11) is 1.32. The lowest BCUT2D eigenvalue weighted by Crippen LogP contribution is -2.43. The fraction of sp³-hybridized carbons (Fsp3) is 0.250. The van der Waals surface area contributed by atoms with E-state index in [1.165, 1.54) is 13.2 Å². The number of benzene rings is 2. The molecule has 1 aromatic heterocycles. The van der Waals surface area contributed by atoms with Gasteiger partial charge in [-0.2, -0.15) is 0 Å². The Morgan fingerprint density at radius 2 is 1.74 bits per heavy atom. The molecule has 1 unspecified atom stereocenters. The van der Waals surface area contributed by atoms with Gasteiger partial charge < -0.3 is 29.7 Å². The molecule has 0 saturated heterocycles. The Balaban J connectivity index is 1.30. The summed E-state index contributed by atoms with van der Waals surface area (Å²) < 4.78 is 15.3. The van der Waals surface area contributed by atoms with Crippen molar-refractivity contribution in [3.8, 4) is 11.1 Å². The Hall–Kier alpha value is -4.18. The van der Waals surface area contributed by atoms with Gasteiger partial charge in [-0.1, -0.05) is 53.7 Å². The summed E-state index contributed by atoms with van der Waals surface area (Å²) in [6, 6.07) is 16.1. The number of nitrogens with zero attached hydrogens (tertiary/aromatic N) is 1. The minimum Gasteiger partial charge on any atom is -0.480 e. The first kappa shape index (κ1) is 23.0. The average Bonchev–Trinajstić information content (AvgIpc) is 3.44. The van der Waals surface area contributed by atoms with Gasteiger partial charge in [-0.3, -0.25) is 4.79 Å². The number of carboxylic acid groups (broad SMARTS) is 1. The second-order valence-electron chi connectivity index (χ2n) is 7.68. The molecule has 3 aromatic rings. The van der Waals surface area contributed by atoms with Gasteiger partial charge in [0.25, 0.3) is 5.91 Å². The van der Waals surface area contributed by atoms with Gasteiger partial charge in [-0.25, -0.2) is 9.59 Å². The molecule has 2 aromatic carbocycles. The number of nitrogens with one attached hydrogen (secondary N) is 2. The summed E-state index contributed by atoms with van der Waals surface area (Å²) in [6.07, 6.45) is -0.643. The van der Waals surface area contributed by atoms with E-state index in [4.69, 9.17) is 19.1 Å². The molecule has 0 spiro atoms. The Labute approximate surface area is 194 Å². The minimum atomic E-state index is -1.24. The summed E-state index contributed by atoms with van der Waals surface area (Å²) in [5.74, 6) is -1.83. The molecule has 0 aliphatic heterocycles. The standard InChI is InChI=1S/C24H23N3O7/c1-32-13-21(23(29)30)26-22(28)20-10-14(34-27-20)11-25-24(31)33-12-19-17-8-4-2-6-15(17)16-7-3-5-9-18(16)19/h2-10,19,21H,11-13H2,1H3,(H,25,31)(H,26,28)(H,29,30). The van der Waals surface area contributed by atoms with Crippen LogP contribution in [0.1, 0.15) is 33.3 Å². The van der Waals surface area contributed by atoms with Crippen LogP contribution in [0.5, 0.6) is 0 Å². The summed E-state index contributed by atoms with van der Waals surface area (Å²) in [6.45, 7) is -0.0908. The van der Waals surface area contributed by atoms with Crippen LogP contribution in [0.3, 0.4) is 0 Å². The van der Waals surface area contributed by atoms with E-state index in [0.717, 1.165) is 22.3 Å². The first-order chi connectivity index (χ1) is 16.5. The van der Waals surface area contributed by atoms with Gasteiger partial charge in [0.1, 0.15) is 6.61 Å². The van der Waals surface area contributed by atoms with Gasteiger partial charge in [-0.05, 0) is 22.3 Å². The van der Waals surface area contributed by atoms with Gasteiger partial charge >= 0.3 is 12.1 Å². The third kappa shape index (κ3) is 4.91. The maximum absolute atomic E-state index is 12.3. The van der Waals surface area contributed by atoms with Crippen molar-refractivity contribution < 1.29 is 33.5 Å². The van der Waals surface area contributed by atoms with E-state index in [-0.39, 0.29) is 37.1 Å². The van der Waals surface area contributed by atoms with Gasteiger partial charge in [0.2, 0.25) is 0 Å². The molecule has 1 aliphatic carbocycles. The molecule has 34 heavy (non-hydrogen) atoms. The zero-order valence-corrected chi connectivity index (χ0v) is 18.3. The van der Waals surface area contributed by atoms with Crippen LogP contribution in [0.2, 0.25) is 0 Å². The van der Waals surface area contributed by atoms with Crippen molar-refractivity contribution in [1.29, 1.82) is 0 Å². The van der Waals surface area contributed by atoms with Crippen LogP contribution < -0.4 is 10.6 Å². The van der Waals surface area contributed by atoms with Crippen LogP contribution in [-0.4, -0.2) is 54.6 Å². The third-order valence-corrected chi connectivity index (χ3v) is 5.48. The molecular formula is C24H23N3O7. The number of hydrogen-bond acceptors (Lipinski definition) is 7. The van der Waals surface area contributed by atoms with Crippen molar-refractivity contribution in [2.24, 2.45) is 0 Å². The number of amides is 2. The maximum atomic E-state index is 12.3. The number of methoxy groups -OCH3 is 1. The highest BCUT2D eigenvalue weighted by atomic mass is 16.5. The van der Waals surface area contributed by atoms with Crippen molar-refractivity contribution in [3.05, 3.63) is 77.2 Å². The number of ether oxygens (including phenoxy) is 2. The van der Waals surface area contributed by atoms with E-state index in [0.29, 0.717) is 0 Å². The Morgan fingerprint density at radius 3 is 2.35 bits per heavy atom. The maximum Gasteiger partial charge on any atom is 0.407 e. The van der Waals surface area contributed by atoms with Crippen LogP contribution >= 0.6 is 0 Å². The van der Waals surface area contributed by atoms with Gasteiger partial charge in [-0.15, -0.1) is 0 Å². The molecule has 10 heteroatoms. The second kappa shape index (κ2) is 10.2. The van der Waals surface area contributed by atoms with E-state index < -0.39 is 24.0 Å². The topological polar surface area (TPSA) is 140 Å². The lowest BCUT2D eigenvalue weighted by atomic mass is 9.98. The molecule has 10 nitrogen and oxygen atoms in total. The zero-order valence-electron chi connectivity index (χ0n) is 18.3. The average molecular weight is 465 g/mol. The molecule has 1 heterocycles. The Kier molecular flexibility index (Phi) is 6.88. The lowest BCUT2D eigenvalue weighted by molar-refractivity contribution is -0.140. The van der Waals surface area contributed by atoms with Gasteiger partial charge in [0.05, 0.1) is 13.2 Å². The smallest absolute Gasteiger partial charge is 0.407 e. The van der Waals surface area contributed by atoms with Crippen LogP contribution in [0, 0.1) is 0 Å². The number of fused-ring (bicyclic) bond motifs is 3. The molecule has 0 saturated carbocycles. The van der Waals surface area contributed by atoms with E-state index in [9.17, 15) is 14.4 Å². The molecule has 1 atom stereocenters. The van der Waals surface area contributed by atoms with Gasteiger partial charge in [0.15, 0.2) is 17.5 Å². The fourth-order valence-electron chi connectivity index (χ4n) is 3.89. The monoisotopic (exact) mass is 465 g/mol. The van der Waals surface area contributed by atoms with Crippen molar-refractivity contribution in [2.75, 3.05) is 20.3 Å². The molecule has 1 aliphatic rings. The number of aromatic nitrogens is 1. The Morgan fingerprint density at radius 1 is 1.09 bits per heavy atom. The Bertz CT molecular complexity index is 1160. The molecular weight excluding hydrogens is 442 g/mol. The van der Waals surface area contributed by atoms with Crippen molar-refractivity contribution in [2.45, 2.75) is 18.5 Å². The van der Waals surface area contributed by atoms with Crippen molar-refractivity contribution in [3.63, 3.8) is 0 Å². The third-order valence-electron chi connectivity index (χ3n) is 5.48. The van der Waals surface area contributed by atoms with Crippen molar-refractivity contribution in [1.82, 2.24) is 15.8 Å². The highest BCUT2D eigenvalue weighted by Crippen LogP contribution is 2.44. The van der Waals surface area contributed by atoms with E-state index in [1.54, 1.807) is 0 Å². The largest absolute Gasteiger partial charge is 0.480 e. The molecule has 4 rings (SSSR count). The van der Waals surface area contributed by atoms with Gasteiger partial charge in [0, 0.05) is 19.1 Å².